The number of nitrogens with one attached hydrogen (secondary N) is 1. The summed E-state index contributed by atoms with van der Waals surface area (Å²) >= 11 is 1.58. The Balaban J connectivity index is 1.71. The second-order valence-corrected chi connectivity index (χ2v) is 5.62. The van der Waals surface area contributed by atoms with E-state index in [1.54, 1.807) is 18.1 Å². The van der Waals surface area contributed by atoms with Crippen LogP contribution in [-0.4, -0.2) is 26.5 Å². The summed E-state index contributed by atoms with van der Waals surface area (Å²) in [6, 6.07) is 8.05. The summed E-state index contributed by atoms with van der Waals surface area (Å²) in [5, 5.41) is 0.872. The van der Waals surface area contributed by atoms with Crippen LogP contribution in [-0.2, 0) is 0 Å². The van der Waals surface area contributed by atoms with Crippen LogP contribution in [0.2, 0.25) is 0 Å². The lowest BCUT2D eigenvalue weighted by Crippen LogP contribution is -1.95. The van der Waals surface area contributed by atoms with Crippen molar-refractivity contribution in [1.82, 2.24) is 19.9 Å². The minimum Gasteiger partial charge on any atom is -0.494 e. The number of nitrogens with zero attached hydrogens (tertiary/aromatic N) is 3. The smallest absolute Gasteiger partial charge is 0.181 e. The van der Waals surface area contributed by atoms with Gasteiger partial charge >= 0.3 is 0 Å². The van der Waals surface area contributed by atoms with E-state index in [2.05, 4.69) is 26.9 Å². The second-order valence-electron chi connectivity index (χ2n) is 4.56. The third-order valence-electron chi connectivity index (χ3n) is 2.99. The van der Waals surface area contributed by atoms with E-state index in [1.165, 1.54) is 6.33 Å². The number of imidazole rings is 1. The average Bonchev–Trinajstić information content (AvgIpc) is 2.99. The van der Waals surface area contributed by atoms with Crippen molar-refractivity contribution < 1.29 is 4.74 Å². The van der Waals surface area contributed by atoms with Gasteiger partial charge in [-0.2, -0.15) is 0 Å². The van der Waals surface area contributed by atoms with Crippen molar-refractivity contribution in [2.24, 2.45) is 0 Å². The van der Waals surface area contributed by atoms with Crippen molar-refractivity contribution in [3.8, 4) is 5.75 Å². The monoisotopic (exact) mass is 300 g/mol. The van der Waals surface area contributed by atoms with Crippen molar-refractivity contribution >= 4 is 22.9 Å². The Kier molecular flexibility index (Phi) is 4.35. The minimum absolute atomic E-state index is 0.687. The van der Waals surface area contributed by atoms with E-state index in [0.717, 1.165) is 40.6 Å². The Hall–Kier alpha value is -2.08. The van der Waals surface area contributed by atoms with Crippen LogP contribution in [0.15, 0.2) is 46.8 Å². The molecule has 0 unspecified atom stereocenters. The highest BCUT2D eigenvalue weighted by Crippen LogP contribution is 2.30. The summed E-state index contributed by atoms with van der Waals surface area (Å²) in [5.74, 6) is 0.905. The van der Waals surface area contributed by atoms with Gasteiger partial charge < -0.3 is 9.72 Å². The number of aromatic amines is 1. The maximum atomic E-state index is 5.66. The van der Waals surface area contributed by atoms with Gasteiger partial charge in [0.2, 0.25) is 0 Å². The number of fused-ring (bicyclic) bond motifs is 1. The Morgan fingerprint density at radius 2 is 2.00 bits per heavy atom. The quantitative estimate of drug-likeness (QED) is 0.555. The number of aromatic nitrogens is 4. The van der Waals surface area contributed by atoms with Gasteiger partial charge in [0.25, 0.3) is 0 Å². The number of benzene rings is 1. The minimum atomic E-state index is 0.687. The molecule has 0 fully saturated rings. The lowest BCUT2D eigenvalue weighted by molar-refractivity contribution is 0.309. The molecule has 3 aromatic rings. The van der Waals surface area contributed by atoms with Gasteiger partial charge in [0.15, 0.2) is 5.65 Å². The van der Waals surface area contributed by atoms with Crippen LogP contribution in [0.1, 0.15) is 19.8 Å². The van der Waals surface area contributed by atoms with Crippen molar-refractivity contribution in [2.45, 2.75) is 29.7 Å². The third-order valence-corrected chi connectivity index (χ3v) is 4.00. The largest absolute Gasteiger partial charge is 0.494 e. The molecular formula is C15H16N4OS. The Morgan fingerprint density at radius 3 is 2.81 bits per heavy atom. The highest BCUT2D eigenvalue weighted by atomic mass is 32.2. The Bertz CT molecular complexity index is 711. The van der Waals surface area contributed by atoms with Gasteiger partial charge in [-0.3, -0.25) is 0 Å². The summed E-state index contributed by atoms with van der Waals surface area (Å²) in [4.78, 5) is 16.7. The standard InChI is InChI=1S/C15H16N4OS/c1-2-3-8-20-11-4-6-12(7-5-11)21-15-13-14(17-9-16-13)18-10-19-15/h4-7,9-10H,2-3,8H2,1H3,(H,16,17,18,19). The van der Waals surface area contributed by atoms with Gasteiger partial charge in [0, 0.05) is 4.90 Å². The van der Waals surface area contributed by atoms with Crippen LogP contribution in [0.5, 0.6) is 5.75 Å². The van der Waals surface area contributed by atoms with Crippen LogP contribution in [0.25, 0.3) is 11.2 Å². The van der Waals surface area contributed by atoms with Crippen LogP contribution in [0.4, 0.5) is 0 Å². The first kappa shape index (κ1) is 13.9. The molecule has 1 aromatic carbocycles. The Labute approximate surface area is 127 Å². The molecule has 0 saturated carbocycles. The molecule has 0 saturated heterocycles. The molecule has 0 atom stereocenters. The topological polar surface area (TPSA) is 63.7 Å². The SMILES string of the molecule is CCCCOc1ccc(Sc2ncnc3nc[nH]c23)cc1. The number of rotatable bonds is 6. The maximum Gasteiger partial charge on any atom is 0.181 e. The van der Waals surface area contributed by atoms with Gasteiger partial charge in [-0.05, 0) is 30.7 Å². The van der Waals surface area contributed by atoms with Gasteiger partial charge in [-0.25, -0.2) is 15.0 Å². The number of hydrogen-bond acceptors (Lipinski definition) is 5. The van der Waals surface area contributed by atoms with Gasteiger partial charge in [-0.1, -0.05) is 25.1 Å². The van der Waals surface area contributed by atoms with Crippen LogP contribution < -0.4 is 4.74 Å². The molecule has 108 valence electrons. The fraction of sp³-hybridized carbons (Fsp3) is 0.267. The first-order valence-electron chi connectivity index (χ1n) is 6.91. The van der Waals surface area contributed by atoms with Crippen molar-refractivity contribution in [3.63, 3.8) is 0 Å². The lowest BCUT2D eigenvalue weighted by Gasteiger charge is -2.06. The molecule has 6 heteroatoms. The van der Waals surface area contributed by atoms with E-state index in [0.29, 0.717) is 5.65 Å². The first-order chi connectivity index (χ1) is 10.4. The predicted octanol–water partition coefficient (Wildman–Crippen LogP) is 3.68. The third kappa shape index (κ3) is 3.33. The van der Waals surface area contributed by atoms with Gasteiger partial charge in [0.05, 0.1) is 12.9 Å². The van der Waals surface area contributed by atoms with E-state index in [9.17, 15) is 0 Å². The normalized spacial score (nSPS) is 10.9. The van der Waals surface area contributed by atoms with Crippen LogP contribution >= 0.6 is 11.8 Å². The summed E-state index contributed by atoms with van der Waals surface area (Å²) in [7, 11) is 0. The molecule has 0 aliphatic rings. The molecular weight excluding hydrogens is 284 g/mol. The molecule has 0 amide bonds. The molecule has 3 rings (SSSR count). The molecule has 21 heavy (non-hydrogen) atoms. The number of hydrogen-bond donors (Lipinski definition) is 1. The molecule has 2 heterocycles. The lowest BCUT2D eigenvalue weighted by atomic mass is 10.3. The molecule has 5 nitrogen and oxygen atoms in total. The number of H-pyrrole nitrogens is 1. The Morgan fingerprint density at radius 1 is 1.14 bits per heavy atom. The first-order valence-corrected chi connectivity index (χ1v) is 7.73. The van der Waals surface area contributed by atoms with E-state index >= 15 is 0 Å². The van der Waals surface area contributed by atoms with Crippen molar-refractivity contribution in [1.29, 1.82) is 0 Å². The highest BCUT2D eigenvalue weighted by Gasteiger charge is 2.07. The van der Waals surface area contributed by atoms with E-state index < -0.39 is 0 Å². The van der Waals surface area contributed by atoms with E-state index in [1.807, 2.05) is 24.3 Å². The van der Waals surface area contributed by atoms with E-state index in [-0.39, 0.29) is 0 Å². The molecule has 0 aliphatic carbocycles. The molecule has 1 N–H and O–H groups in total. The summed E-state index contributed by atoms with van der Waals surface area (Å²) in [6.07, 6.45) is 5.39. The zero-order chi connectivity index (χ0) is 14.5. The molecule has 2 aromatic heterocycles. The predicted molar refractivity (Wildman–Crippen MR) is 82.7 cm³/mol. The second kappa shape index (κ2) is 6.58. The fourth-order valence-corrected chi connectivity index (χ4v) is 2.72. The number of unbranched alkanes of at least 4 members (excludes halogenated alkanes) is 1. The van der Waals surface area contributed by atoms with Crippen LogP contribution in [0, 0.1) is 0 Å². The molecule has 0 spiro atoms. The molecule has 0 aliphatic heterocycles. The average molecular weight is 300 g/mol. The zero-order valence-electron chi connectivity index (χ0n) is 11.7. The maximum absolute atomic E-state index is 5.66. The zero-order valence-corrected chi connectivity index (χ0v) is 12.6. The van der Waals surface area contributed by atoms with Gasteiger partial charge in [0.1, 0.15) is 22.6 Å². The fourth-order valence-electron chi connectivity index (χ4n) is 1.87. The highest BCUT2D eigenvalue weighted by molar-refractivity contribution is 7.99. The van der Waals surface area contributed by atoms with Gasteiger partial charge in [-0.15, -0.1) is 0 Å². The van der Waals surface area contributed by atoms with E-state index in [4.69, 9.17) is 4.74 Å². The molecule has 0 radical (unpaired) electrons. The number of ether oxygens (including phenoxy) is 1. The van der Waals surface area contributed by atoms with Crippen molar-refractivity contribution in [3.05, 3.63) is 36.9 Å². The molecule has 0 bridgehead atoms. The van der Waals surface area contributed by atoms with Crippen LogP contribution in [0.3, 0.4) is 0 Å². The summed E-state index contributed by atoms with van der Waals surface area (Å²) in [5.41, 5.74) is 1.55. The summed E-state index contributed by atoms with van der Waals surface area (Å²) < 4.78 is 5.66. The summed E-state index contributed by atoms with van der Waals surface area (Å²) in [6.45, 7) is 2.92. The van der Waals surface area contributed by atoms with Crippen molar-refractivity contribution in [2.75, 3.05) is 6.61 Å².